The molecule has 2 aromatic rings. The third-order valence-electron chi connectivity index (χ3n) is 4.47. The summed E-state index contributed by atoms with van der Waals surface area (Å²) in [6.45, 7) is 10.9. The number of nitrogens with zero attached hydrogens (tertiary/aromatic N) is 4. The van der Waals surface area contributed by atoms with E-state index >= 15 is 0 Å². The molecular formula is C19H26N4O. The van der Waals surface area contributed by atoms with E-state index in [0.717, 1.165) is 26.2 Å². The van der Waals surface area contributed by atoms with Gasteiger partial charge in [-0.25, -0.2) is 0 Å². The van der Waals surface area contributed by atoms with Gasteiger partial charge >= 0.3 is 0 Å². The molecule has 2 heterocycles. The number of hydrogen-bond donors (Lipinski definition) is 0. The van der Waals surface area contributed by atoms with E-state index in [1.165, 1.54) is 22.3 Å². The summed E-state index contributed by atoms with van der Waals surface area (Å²) in [6.07, 6.45) is 3.96. The van der Waals surface area contributed by atoms with Gasteiger partial charge in [-0.1, -0.05) is 29.3 Å². The number of amides is 1. The smallest absolute Gasteiger partial charge is 0.237 e. The van der Waals surface area contributed by atoms with Gasteiger partial charge in [-0.3, -0.25) is 14.4 Å². The zero-order valence-electron chi connectivity index (χ0n) is 14.8. The van der Waals surface area contributed by atoms with Crippen LogP contribution in [0, 0.1) is 13.8 Å². The Morgan fingerprint density at radius 1 is 1.04 bits per heavy atom. The summed E-state index contributed by atoms with van der Waals surface area (Å²) < 4.78 is 1.92. The molecule has 24 heavy (non-hydrogen) atoms. The molecular weight excluding hydrogens is 300 g/mol. The fourth-order valence-corrected chi connectivity index (χ4v) is 3.36. The maximum absolute atomic E-state index is 12.5. The van der Waals surface area contributed by atoms with Crippen LogP contribution in [0.15, 0.2) is 30.6 Å². The van der Waals surface area contributed by atoms with Crippen LogP contribution in [0.25, 0.3) is 0 Å². The third-order valence-corrected chi connectivity index (χ3v) is 4.47. The predicted molar refractivity (Wildman–Crippen MR) is 94.5 cm³/mol. The van der Waals surface area contributed by atoms with E-state index in [4.69, 9.17) is 0 Å². The zero-order valence-corrected chi connectivity index (χ0v) is 14.8. The van der Waals surface area contributed by atoms with Crippen molar-refractivity contribution < 1.29 is 4.79 Å². The number of piperazine rings is 1. The normalized spacial score (nSPS) is 16.0. The topological polar surface area (TPSA) is 41.4 Å². The molecule has 0 saturated carbocycles. The lowest BCUT2D eigenvalue weighted by atomic mass is 10.1. The van der Waals surface area contributed by atoms with Crippen molar-refractivity contribution in [2.45, 2.75) is 40.4 Å². The Morgan fingerprint density at radius 3 is 2.42 bits per heavy atom. The largest absolute Gasteiger partial charge is 0.336 e. The first-order valence-corrected chi connectivity index (χ1v) is 8.62. The van der Waals surface area contributed by atoms with Crippen molar-refractivity contribution in [3.05, 3.63) is 52.8 Å². The lowest BCUT2D eigenvalue weighted by Crippen LogP contribution is -2.49. The summed E-state index contributed by atoms with van der Waals surface area (Å²) in [7, 11) is 0. The average molecular weight is 326 g/mol. The first-order chi connectivity index (χ1) is 11.5. The second kappa shape index (κ2) is 7.18. The summed E-state index contributed by atoms with van der Waals surface area (Å²) in [5.41, 5.74) is 4.90. The van der Waals surface area contributed by atoms with Crippen molar-refractivity contribution in [3.63, 3.8) is 0 Å². The Morgan fingerprint density at radius 2 is 1.79 bits per heavy atom. The molecule has 0 unspecified atom stereocenters. The van der Waals surface area contributed by atoms with E-state index in [1.807, 2.05) is 15.8 Å². The molecule has 1 aliphatic rings. The fourth-order valence-electron chi connectivity index (χ4n) is 3.36. The zero-order chi connectivity index (χ0) is 17.1. The molecule has 1 aromatic carbocycles. The monoisotopic (exact) mass is 326 g/mol. The highest BCUT2D eigenvalue weighted by Crippen LogP contribution is 2.15. The van der Waals surface area contributed by atoms with Crippen LogP contribution in [0.5, 0.6) is 0 Å². The number of rotatable bonds is 5. The molecule has 0 bridgehead atoms. The minimum absolute atomic E-state index is 0.211. The summed E-state index contributed by atoms with van der Waals surface area (Å²) >= 11 is 0. The second-order valence-electron chi connectivity index (χ2n) is 6.73. The second-order valence-corrected chi connectivity index (χ2v) is 6.73. The lowest BCUT2D eigenvalue weighted by Gasteiger charge is -2.34. The molecule has 5 heteroatoms. The molecule has 0 aliphatic carbocycles. The summed E-state index contributed by atoms with van der Waals surface area (Å²) in [4.78, 5) is 16.7. The molecule has 0 radical (unpaired) electrons. The van der Waals surface area contributed by atoms with Gasteiger partial charge in [0.05, 0.1) is 12.7 Å². The number of hydrogen-bond acceptors (Lipinski definition) is 3. The quantitative estimate of drug-likeness (QED) is 0.847. The number of carbonyl (C=O) groups is 1. The SMILES string of the molecule is CCn1cc(CN2CCN(Cc3cc(C)cc(C)c3)C(=O)C2)cn1. The van der Waals surface area contributed by atoms with Crippen LogP contribution in [0.2, 0.25) is 0 Å². The van der Waals surface area contributed by atoms with Crippen LogP contribution in [0.1, 0.15) is 29.2 Å². The Kier molecular flexibility index (Phi) is 5.00. The molecule has 0 N–H and O–H groups in total. The molecule has 1 aromatic heterocycles. The molecule has 5 nitrogen and oxygen atoms in total. The first-order valence-electron chi connectivity index (χ1n) is 8.62. The van der Waals surface area contributed by atoms with E-state index < -0.39 is 0 Å². The van der Waals surface area contributed by atoms with Gasteiger partial charge in [-0.2, -0.15) is 5.10 Å². The lowest BCUT2D eigenvalue weighted by molar-refractivity contribution is -0.136. The highest BCUT2D eigenvalue weighted by atomic mass is 16.2. The van der Waals surface area contributed by atoms with Gasteiger partial charge in [-0.15, -0.1) is 0 Å². The van der Waals surface area contributed by atoms with Gasteiger partial charge in [0.1, 0.15) is 0 Å². The molecule has 1 aliphatic heterocycles. The van der Waals surface area contributed by atoms with Crippen LogP contribution < -0.4 is 0 Å². The number of aryl methyl sites for hydroxylation is 3. The van der Waals surface area contributed by atoms with Crippen molar-refractivity contribution in [2.24, 2.45) is 0 Å². The summed E-state index contributed by atoms with van der Waals surface area (Å²) in [5.74, 6) is 0.211. The predicted octanol–water partition coefficient (Wildman–Crippen LogP) is 2.36. The van der Waals surface area contributed by atoms with Crippen LogP contribution in [-0.4, -0.2) is 45.1 Å². The Labute approximate surface area is 143 Å². The molecule has 1 fully saturated rings. The van der Waals surface area contributed by atoms with Gasteiger partial charge in [0.2, 0.25) is 5.91 Å². The maximum Gasteiger partial charge on any atom is 0.237 e. The van der Waals surface area contributed by atoms with Gasteiger partial charge in [0.15, 0.2) is 0 Å². The average Bonchev–Trinajstić information content (AvgIpc) is 2.97. The van der Waals surface area contributed by atoms with E-state index in [2.05, 4.69) is 55.2 Å². The molecule has 3 rings (SSSR count). The first kappa shape index (κ1) is 16.7. The maximum atomic E-state index is 12.5. The molecule has 0 atom stereocenters. The van der Waals surface area contributed by atoms with Crippen molar-refractivity contribution in [1.82, 2.24) is 19.6 Å². The Balaban J connectivity index is 1.57. The van der Waals surface area contributed by atoms with Crippen LogP contribution in [0.3, 0.4) is 0 Å². The van der Waals surface area contributed by atoms with E-state index in [-0.39, 0.29) is 5.91 Å². The minimum Gasteiger partial charge on any atom is -0.336 e. The summed E-state index contributed by atoms with van der Waals surface area (Å²) in [6, 6.07) is 6.51. The van der Waals surface area contributed by atoms with Crippen molar-refractivity contribution >= 4 is 5.91 Å². The van der Waals surface area contributed by atoms with Crippen molar-refractivity contribution in [1.29, 1.82) is 0 Å². The summed E-state index contributed by atoms with van der Waals surface area (Å²) in [5, 5.41) is 4.30. The minimum atomic E-state index is 0.211. The van der Waals surface area contributed by atoms with Crippen LogP contribution >= 0.6 is 0 Å². The molecule has 128 valence electrons. The van der Waals surface area contributed by atoms with Gasteiger partial charge < -0.3 is 4.90 Å². The third kappa shape index (κ3) is 4.03. The van der Waals surface area contributed by atoms with E-state index in [9.17, 15) is 4.79 Å². The number of carbonyl (C=O) groups excluding carboxylic acids is 1. The van der Waals surface area contributed by atoms with Gasteiger partial charge in [-0.05, 0) is 26.3 Å². The highest BCUT2D eigenvalue weighted by Gasteiger charge is 2.24. The highest BCUT2D eigenvalue weighted by molar-refractivity contribution is 5.79. The van der Waals surface area contributed by atoms with Crippen LogP contribution in [0.4, 0.5) is 0 Å². The number of aromatic nitrogens is 2. The standard InChI is InChI=1S/C19H26N4O/c1-4-23-13-18(10-20-23)11-21-5-6-22(19(24)14-21)12-17-8-15(2)7-16(3)9-17/h7-10,13H,4-6,11-12,14H2,1-3H3. The van der Waals surface area contributed by atoms with Gasteiger partial charge in [0.25, 0.3) is 0 Å². The Hall–Kier alpha value is -2.14. The van der Waals surface area contributed by atoms with Crippen molar-refractivity contribution in [3.8, 4) is 0 Å². The van der Waals surface area contributed by atoms with E-state index in [0.29, 0.717) is 13.1 Å². The van der Waals surface area contributed by atoms with E-state index in [1.54, 1.807) is 0 Å². The Bertz CT molecular complexity index is 702. The van der Waals surface area contributed by atoms with Crippen molar-refractivity contribution in [2.75, 3.05) is 19.6 Å². The van der Waals surface area contributed by atoms with Gasteiger partial charge in [0, 0.05) is 44.5 Å². The molecule has 1 saturated heterocycles. The van der Waals surface area contributed by atoms with Crippen LogP contribution in [-0.2, 0) is 24.4 Å². The fraction of sp³-hybridized carbons (Fsp3) is 0.474. The molecule has 0 spiro atoms. The number of benzene rings is 1. The molecule has 1 amide bonds.